The molecule has 0 bridgehead atoms. The Bertz CT molecular complexity index is 590. The average molecular weight is 292 g/mol. The van der Waals surface area contributed by atoms with Crippen LogP contribution in [0.4, 0.5) is 4.79 Å². The summed E-state index contributed by atoms with van der Waals surface area (Å²) in [6.07, 6.45) is 0.210. The quantitative estimate of drug-likeness (QED) is 0.825. The summed E-state index contributed by atoms with van der Waals surface area (Å²) < 4.78 is 5.33. The molecule has 0 spiro atoms. The summed E-state index contributed by atoms with van der Waals surface area (Å²) >= 11 is 0. The number of nitrogens with zero attached hydrogens (tertiary/aromatic N) is 1. The second-order valence-corrected chi connectivity index (χ2v) is 6.15. The highest BCUT2D eigenvalue weighted by atomic mass is 16.6. The van der Waals surface area contributed by atoms with Gasteiger partial charge in [0.05, 0.1) is 5.56 Å². The molecular weight excluding hydrogens is 272 g/mol. The van der Waals surface area contributed by atoms with Gasteiger partial charge < -0.3 is 20.5 Å². The van der Waals surface area contributed by atoms with Crippen LogP contribution in [-0.2, 0) is 17.7 Å². The molecule has 114 valence electrons. The van der Waals surface area contributed by atoms with Crippen LogP contribution in [0.5, 0.6) is 5.75 Å². The highest BCUT2D eigenvalue weighted by Gasteiger charge is 2.26. The van der Waals surface area contributed by atoms with E-state index in [-0.39, 0.29) is 17.4 Å². The van der Waals surface area contributed by atoms with Crippen molar-refractivity contribution in [3.8, 4) is 5.75 Å². The van der Waals surface area contributed by atoms with Crippen molar-refractivity contribution in [1.82, 2.24) is 4.90 Å². The van der Waals surface area contributed by atoms with Crippen LogP contribution in [0.1, 0.15) is 42.3 Å². The number of carbonyl (C=O) groups excluding carboxylic acids is 2. The molecule has 3 N–H and O–H groups in total. The zero-order chi connectivity index (χ0) is 15.8. The van der Waals surface area contributed by atoms with E-state index in [0.29, 0.717) is 19.5 Å². The Morgan fingerprint density at radius 1 is 1.29 bits per heavy atom. The number of primary amides is 1. The lowest BCUT2D eigenvalue weighted by Gasteiger charge is -2.31. The largest absolute Gasteiger partial charge is 0.507 e. The van der Waals surface area contributed by atoms with E-state index in [2.05, 4.69) is 0 Å². The Hall–Kier alpha value is -2.24. The van der Waals surface area contributed by atoms with Crippen molar-refractivity contribution >= 4 is 12.0 Å². The third-order valence-electron chi connectivity index (χ3n) is 3.25. The molecule has 0 saturated heterocycles. The highest BCUT2D eigenvalue weighted by molar-refractivity contribution is 5.95. The summed E-state index contributed by atoms with van der Waals surface area (Å²) in [6.45, 7) is 6.29. The summed E-state index contributed by atoms with van der Waals surface area (Å²) in [5.74, 6) is -0.822. The normalized spacial score (nSPS) is 14.5. The van der Waals surface area contributed by atoms with Crippen LogP contribution in [0.25, 0.3) is 0 Å². The standard InChI is InChI=1S/C15H20N2O4/c1-15(2,3)21-14(20)17-5-4-9-6-11(13(16)19)12(18)7-10(9)8-17/h6-7,18H,4-5,8H2,1-3H3,(H2,16,19). The molecule has 1 aliphatic heterocycles. The molecule has 0 radical (unpaired) electrons. The molecular formula is C15H20N2O4. The average Bonchev–Trinajstić information content (AvgIpc) is 2.34. The predicted molar refractivity (Wildman–Crippen MR) is 77.0 cm³/mol. The summed E-state index contributed by atoms with van der Waals surface area (Å²) in [5.41, 5.74) is 6.49. The number of fused-ring (bicyclic) bond motifs is 1. The number of nitrogens with two attached hydrogens (primary N) is 1. The van der Waals surface area contributed by atoms with Gasteiger partial charge in [-0.1, -0.05) is 0 Å². The molecule has 2 amide bonds. The van der Waals surface area contributed by atoms with Crippen molar-refractivity contribution in [2.24, 2.45) is 5.73 Å². The number of aromatic hydroxyl groups is 1. The molecule has 21 heavy (non-hydrogen) atoms. The van der Waals surface area contributed by atoms with E-state index in [0.717, 1.165) is 11.1 Å². The summed E-state index contributed by atoms with van der Waals surface area (Å²) in [4.78, 5) is 24.8. The lowest BCUT2D eigenvalue weighted by molar-refractivity contribution is 0.0223. The van der Waals surface area contributed by atoms with Gasteiger partial charge in [-0.3, -0.25) is 4.79 Å². The first-order valence-electron chi connectivity index (χ1n) is 6.80. The number of ether oxygens (including phenoxy) is 1. The number of amides is 2. The van der Waals surface area contributed by atoms with E-state index in [1.807, 2.05) is 20.8 Å². The van der Waals surface area contributed by atoms with Crippen molar-refractivity contribution in [1.29, 1.82) is 0 Å². The van der Waals surface area contributed by atoms with Crippen LogP contribution in [0.2, 0.25) is 0 Å². The van der Waals surface area contributed by atoms with Gasteiger partial charge in [0.25, 0.3) is 5.91 Å². The number of hydrogen-bond donors (Lipinski definition) is 2. The van der Waals surface area contributed by atoms with Gasteiger partial charge in [0.1, 0.15) is 11.4 Å². The number of rotatable bonds is 1. The summed E-state index contributed by atoms with van der Waals surface area (Å²) in [5, 5.41) is 9.81. The minimum absolute atomic E-state index is 0.111. The topological polar surface area (TPSA) is 92.9 Å². The molecule has 6 nitrogen and oxygen atoms in total. The number of hydrogen-bond acceptors (Lipinski definition) is 4. The molecule has 1 aromatic rings. The molecule has 2 rings (SSSR count). The number of phenols is 1. The van der Waals surface area contributed by atoms with Gasteiger partial charge in [-0.15, -0.1) is 0 Å². The zero-order valence-corrected chi connectivity index (χ0v) is 12.5. The maximum Gasteiger partial charge on any atom is 0.410 e. The lowest BCUT2D eigenvalue weighted by atomic mass is 9.96. The SMILES string of the molecule is CC(C)(C)OC(=O)N1CCc2cc(C(N)=O)c(O)cc2C1. The fourth-order valence-corrected chi connectivity index (χ4v) is 2.28. The van der Waals surface area contributed by atoms with Gasteiger partial charge >= 0.3 is 6.09 Å². The van der Waals surface area contributed by atoms with Gasteiger partial charge in [-0.2, -0.15) is 0 Å². The third-order valence-corrected chi connectivity index (χ3v) is 3.25. The fourth-order valence-electron chi connectivity index (χ4n) is 2.28. The monoisotopic (exact) mass is 292 g/mol. The van der Waals surface area contributed by atoms with Crippen LogP contribution in [0, 0.1) is 0 Å². The van der Waals surface area contributed by atoms with Crippen molar-refractivity contribution in [2.75, 3.05) is 6.54 Å². The van der Waals surface area contributed by atoms with Crippen molar-refractivity contribution in [3.05, 3.63) is 28.8 Å². The third kappa shape index (κ3) is 3.45. The summed E-state index contributed by atoms with van der Waals surface area (Å²) in [6, 6.07) is 3.09. The maximum atomic E-state index is 12.1. The molecule has 0 saturated carbocycles. The molecule has 0 aromatic heterocycles. The van der Waals surface area contributed by atoms with Crippen LogP contribution < -0.4 is 5.73 Å². The van der Waals surface area contributed by atoms with Crippen molar-refractivity contribution in [3.63, 3.8) is 0 Å². The van der Waals surface area contributed by atoms with Crippen LogP contribution >= 0.6 is 0 Å². The Morgan fingerprint density at radius 3 is 2.52 bits per heavy atom. The molecule has 0 aliphatic carbocycles. The van der Waals surface area contributed by atoms with E-state index in [9.17, 15) is 14.7 Å². The van der Waals surface area contributed by atoms with Crippen LogP contribution in [0.3, 0.4) is 0 Å². The van der Waals surface area contributed by atoms with E-state index in [1.54, 1.807) is 11.0 Å². The Morgan fingerprint density at radius 2 is 1.95 bits per heavy atom. The van der Waals surface area contributed by atoms with Crippen LogP contribution in [-0.4, -0.2) is 34.2 Å². The van der Waals surface area contributed by atoms with Crippen molar-refractivity contribution < 1.29 is 19.4 Å². The highest BCUT2D eigenvalue weighted by Crippen LogP contribution is 2.27. The molecule has 6 heteroatoms. The van der Waals surface area contributed by atoms with Gasteiger partial charge in [0, 0.05) is 13.1 Å². The van der Waals surface area contributed by atoms with E-state index >= 15 is 0 Å². The van der Waals surface area contributed by atoms with E-state index in [4.69, 9.17) is 10.5 Å². The van der Waals surface area contributed by atoms with Crippen molar-refractivity contribution in [2.45, 2.75) is 39.3 Å². The minimum Gasteiger partial charge on any atom is -0.507 e. The predicted octanol–water partition coefficient (Wildman–Crippen LogP) is 1.78. The molecule has 0 atom stereocenters. The molecule has 1 aromatic carbocycles. The van der Waals surface area contributed by atoms with E-state index in [1.165, 1.54) is 6.07 Å². The molecule has 0 fully saturated rings. The minimum atomic E-state index is -0.662. The maximum absolute atomic E-state index is 12.1. The van der Waals surface area contributed by atoms with Gasteiger partial charge in [-0.25, -0.2) is 4.79 Å². The van der Waals surface area contributed by atoms with Gasteiger partial charge in [0.2, 0.25) is 0 Å². The first-order valence-corrected chi connectivity index (χ1v) is 6.80. The Balaban J connectivity index is 2.19. The zero-order valence-electron chi connectivity index (χ0n) is 12.5. The number of carbonyl (C=O) groups is 2. The molecule has 0 unspecified atom stereocenters. The van der Waals surface area contributed by atoms with E-state index < -0.39 is 11.5 Å². The second kappa shape index (κ2) is 5.27. The summed E-state index contributed by atoms with van der Waals surface area (Å²) in [7, 11) is 0. The first-order chi connectivity index (χ1) is 9.67. The smallest absolute Gasteiger partial charge is 0.410 e. The first kappa shape index (κ1) is 15.2. The molecule has 1 aliphatic rings. The second-order valence-electron chi connectivity index (χ2n) is 6.15. The Kier molecular flexibility index (Phi) is 3.80. The molecule has 1 heterocycles. The Labute approximate surface area is 123 Å². The van der Waals surface area contributed by atoms with Gasteiger partial charge in [0.15, 0.2) is 0 Å². The van der Waals surface area contributed by atoms with Gasteiger partial charge in [-0.05, 0) is 50.5 Å². The van der Waals surface area contributed by atoms with Crippen LogP contribution in [0.15, 0.2) is 12.1 Å². The fraction of sp³-hybridized carbons (Fsp3) is 0.467. The lowest BCUT2D eigenvalue weighted by Crippen LogP contribution is -2.40. The number of benzene rings is 1.